The van der Waals surface area contributed by atoms with Gasteiger partial charge in [0.15, 0.2) is 0 Å². The van der Waals surface area contributed by atoms with Crippen LogP contribution in [0.1, 0.15) is 18.5 Å². The normalized spacial score (nSPS) is 22.4. The van der Waals surface area contributed by atoms with Crippen LogP contribution in [0.5, 0.6) is 0 Å². The summed E-state index contributed by atoms with van der Waals surface area (Å²) in [6.45, 7) is 5.51. The number of morpholine rings is 1. The predicted octanol–water partition coefficient (Wildman–Crippen LogP) is 2.46. The Bertz CT molecular complexity index is 430. The molecule has 2 atom stereocenters. The first-order chi connectivity index (χ1) is 9.06. The highest BCUT2D eigenvalue weighted by Crippen LogP contribution is 2.20. The highest BCUT2D eigenvalue weighted by atomic mass is 35.5. The van der Waals surface area contributed by atoms with E-state index in [1.807, 2.05) is 6.92 Å². The van der Waals surface area contributed by atoms with Gasteiger partial charge in [-0.2, -0.15) is 0 Å². The number of hydrogen-bond acceptors (Lipinski definition) is 3. The number of nitrogens with zero attached hydrogens (tertiary/aromatic N) is 1. The van der Waals surface area contributed by atoms with Gasteiger partial charge in [0, 0.05) is 25.7 Å². The van der Waals surface area contributed by atoms with Crippen molar-refractivity contribution in [2.75, 3.05) is 33.3 Å². The Hall–Kier alpha value is -0.680. The maximum absolute atomic E-state index is 13.1. The molecule has 2 rings (SSSR count). The van der Waals surface area contributed by atoms with Gasteiger partial charge in [-0.05, 0) is 31.7 Å². The fourth-order valence-corrected chi connectivity index (χ4v) is 2.39. The van der Waals surface area contributed by atoms with E-state index in [4.69, 9.17) is 16.3 Å². The van der Waals surface area contributed by atoms with Gasteiger partial charge in [-0.15, -0.1) is 0 Å². The SMILES string of the molecule is CC(NCC1CN(C)CCO1)c1ccc(F)c(Cl)c1. The molecule has 3 nitrogen and oxygen atoms in total. The second kappa shape index (κ2) is 6.66. The van der Waals surface area contributed by atoms with E-state index in [1.54, 1.807) is 12.1 Å². The fraction of sp³-hybridized carbons (Fsp3) is 0.571. The molecule has 5 heteroatoms. The molecule has 1 N–H and O–H groups in total. The molecule has 0 aromatic heterocycles. The largest absolute Gasteiger partial charge is 0.374 e. The van der Waals surface area contributed by atoms with Gasteiger partial charge in [0.25, 0.3) is 0 Å². The highest BCUT2D eigenvalue weighted by molar-refractivity contribution is 6.30. The number of hydrogen-bond donors (Lipinski definition) is 1. The molecular weight excluding hydrogens is 267 g/mol. The molecule has 19 heavy (non-hydrogen) atoms. The van der Waals surface area contributed by atoms with E-state index in [2.05, 4.69) is 17.3 Å². The number of nitrogens with one attached hydrogen (secondary N) is 1. The van der Waals surface area contributed by atoms with Crippen molar-refractivity contribution in [1.82, 2.24) is 10.2 Å². The third-order valence-electron chi connectivity index (χ3n) is 3.44. The number of halogens is 2. The van der Waals surface area contributed by atoms with Gasteiger partial charge in [0.1, 0.15) is 5.82 Å². The molecule has 0 saturated carbocycles. The zero-order chi connectivity index (χ0) is 13.8. The van der Waals surface area contributed by atoms with Gasteiger partial charge in [0.05, 0.1) is 17.7 Å². The Kier molecular flexibility index (Phi) is 5.16. The smallest absolute Gasteiger partial charge is 0.141 e. The topological polar surface area (TPSA) is 24.5 Å². The van der Waals surface area contributed by atoms with E-state index in [0.717, 1.165) is 31.8 Å². The summed E-state index contributed by atoms with van der Waals surface area (Å²) in [5.41, 5.74) is 0.982. The molecule has 1 aromatic carbocycles. The van der Waals surface area contributed by atoms with Gasteiger partial charge in [-0.25, -0.2) is 4.39 Å². The first kappa shape index (κ1) is 14.7. The van der Waals surface area contributed by atoms with E-state index < -0.39 is 0 Å². The zero-order valence-electron chi connectivity index (χ0n) is 11.3. The van der Waals surface area contributed by atoms with E-state index in [1.165, 1.54) is 6.07 Å². The van der Waals surface area contributed by atoms with Crippen molar-refractivity contribution in [2.24, 2.45) is 0 Å². The van der Waals surface area contributed by atoms with E-state index >= 15 is 0 Å². The fourth-order valence-electron chi connectivity index (χ4n) is 2.20. The highest BCUT2D eigenvalue weighted by Gasteiger charge is 2.18. The summed E-state index contributed by atoms with van der Waals surface area (Å²) >= 11 is 5.79. The lowest BCUT2D eigenvalue weighted by molar-refractivity contribution is -0.0190. The molecule has 2 unspecified atom stereocenters. The van der Waals surface area contributed by atoms with Crippen molar-refractivity contribution in [3.63, 3.8) is 0 Å². The third-order valence-corrected chi connectivity index (χ3v) is 3.73. The average Bonchev–Trinajstić information content (AvgIpc) is 2.39. The Morgan fingerprint density at radius 2 is 2.37 bits per heavy atom. The van der Waals surface area contributed by atoms with Crippen molar-refractivity contribution in [1.29, 1.82) is 0 Å². The van der Waals surface area contributed by atoms with Crippen molar-refractivity contribution in [3.8, 4) is 0 Å². The van der Waals surface area contributed by atoms with E-state index in [0.29, 0.717) is 0 Å². The summed E-state index contributed by atoms with van der Waals surface area (Å²) in [6.07, 6.45) is 0.206. The summed E-state index contributed by atoms with van der Waals surface area (Å²) in [4.78, 5) is 2.26. The molecule has 1 saturated heterocycles. The number of benzene rings is 1. The summed E-state index contributed by atoms with van der Waals surface area (Å²) in [5.74, 6) is -0.380. The van der Waals surface area contributed by atoms with Crippen LogP contribution in [0.25, 0.3) is 0 Å². The molecule has 0 radical (unpaired) electrons. The molecule has 1 fully saturated rings. The van der Waals surface area contributed by atoms with Crippen LogP contribution >= 0.6 is 11.6 Å². The molecule has 106 valence electrons. The quantitative estimate of drug-likeness (QED) is 0.920. The number of ether oxygens (including phenoxy) is 1. The lowest BCUT2D eigenvalue weighted by Crippen LogP contribution is -2.45. The van der Waals surface area contributed by atoms with E-state index in [9.17, 15) is 4.39 Å². The van der Waals surface area contributed by atoms with Crippen molar-refractivity contribution >= 4 is 11.6 Å². The maximum Gasteiger partial charge on any atom is 0.141 e. The first-order valence-corrected chi connectivity index (χ1v) is 6.92. The average molecular weight is 287 g/mol. The monoisotopic (exact) mass is 286 g/mol. The molecule has 1 aromatic rings. The summed E-state index contributed by atoms with van der Waals surface area (Å²) < 4.78 is 18.8. The molecular formula is C14H20ClFN2O. The summed E-state index contributed by atoms with van der Waals surface area (Å²) in [5, 5.41) is 3.57. The van der Waals surface area contributed by atoms with Gasteiger partial charge in [0.2, 0.25) is 0 Å². The van der Waals surface area contributed by atoms with Gasteiger partial charge >= 0.3 is 0 Å². The Morgan fingerprint density at radius 3 is 3.05 bits per heavy atom. The molecule has 0 amide bonds. The van der Waals surface area contributed by atoms with Crippen molar-refractivity contribution in [2.45, 2.75) is 19.1 Å². The third kappa shape index (κ3) is 4.14. The van der Waals surface area contributed by atoms with Crippen LogP contribution in [0.15, 0.2) is 18.2 Å². The minimum absolute atomic E-state index is 0.119. The van der Waals surface area contributed by atoms with Crippen LogP contribution in [0, 0.1) is 5.82 Å². The van der Waals surface area contributed by atoms with Gasteiger partial charge < -0.3 is 15.0 Å². The molecule has 0 spiro atoms. The minimum atomic E-state index is -0.380. The lowest BCUT2D eigenvalue weighted by Gasteiger charge is -2.31. The van der Waals surface area contributed by atoms with Crippen molar-refractivity contribution < 1.29 is 9.13 Å². The van der Waals surface area contributed by atoms with Gasteiger partial charge in [-0.3, -0.25) is 0 Å². The van der Waals surface area contributed by atoms with Crippen LogP contribution in [0.3, 0.4) is 0 Å². The molecule has 0 bridgehead atoms. The standard InChI is InChI=1S/C14H20ClFN2O/c1-10(11-3-4-14(16)13(15)7-11)17-8-12-9-18(2)5-6-19-12/h3-4,7,10,12,17H,5-6,8-9H2,1-2H3. The number of likely N-dealkylation sites (N-methyl/N-ethyl adjacent to an activating group) is 1. The lowest BCUT2D eigenvalue weighted by atomic mass is 10.1. The predicted molar refractivity (Wildman–Crippen MR) is 75.1 cm³/mol. The Labute approximate surface area is 118 Å². The van der Waals surface area contributed by atoms with Crippen LogP contribution < -0.4 is 5.32 Å². The number of rotatable bonds is 4. The second-order valence-electron chi connectivity index (χ2n) is 5.06. The van der Waals surface area contributed by atoms with E-state index in [-0.39, 0.29) is 23.0 Å². The van der Waals surface area contributed by atoms with Crippen LogP contribution in [-0.2, 0) is 4.74 Å². The Balaban J connectivity index is 1.86. The van der Waals surface area contributed by atoms with Gasteiger partial charge in [-0.1, -0.05) is 17.7 Å². The maximum atomic E-state index is 13.1. The molecule has 1 aliphatic heterocycles. The molecule has 1 heterocycles. The van der Waals surface area contributed by atoms with Crippen LogP contribution in [0.2, 0.25) is 5.02 Å². The zero-order valence-corrected chi connectivity index (χ0v) is 12.1. The first-order valence-electron chi connectivity index (χ1n) is 6.54. The Morgan fingerprint density at radius 1 is 1.58 bits per heavy atom. The van der Waals surface area contributed by atoms with Crippen molar-refractivity contribution in [3.05, 3.63) is 34.6 Å². The summed E-state index contributed by atoms with van der Waals surface area (Å²) in [7, 11) is 2.10. The molecule has 1 aliphatic rings. The van der Waals surface area contributed by atoms with Crippen LogP contribution in [0.4, 0.5) is 4.39 Å². The minimum Gasteiger partial charge on any atom is -0.374 e. The van der Waals surface area contributed by atoms with Crippen LogP contribution in [-0.4, -0.2) is 44.3 Å². The second-order valence-corrected chi connectivity index (χ2v) is 5.47. The summed E-state index contributed by atoms with van der Waals surface area (Å²) in [6, 6.07) is 4.95. The molecule has 0 aliphatic carbocycles.